The standard InChI is InChI=1S/C7H10N2/c1-2-7-5-3-4-6-8-9-7/h3-5H,2,6H2,1H3. The molecule has 1 heterocycles. The van der Waals surface area contributed by atoms with Gasteiger partial charge in [0.05, 0.1) is 12.2 Å². The van der Waals surface area contributed by atoms with Crippen LogP contribution in [0.2, 0.25) is 0 Å². The van der Waals surface area contributed by atoms with Gasteiger partial charge in [-0.05, 0) is 12.5 Å². The van der Waals surface area contributed by atoms with E-state index in [1.807, 2.05) is 18.2 Å². The average Bonchev–Trinajstić information content (AvgIpc) is 2.13. The Morgan fingerprint density at radius 3 is 3.33 bits per heavy atom. The van der Waals surface area contributed by atoms with E-state index >= 15 is 0 Å². The Morgan fingerprint density at radius 2 is 2.56 bits per heavy atom. The van der Waals surface area contributed by atoms with E-state index in [9.17, 15) is 0 Å². The van der Waals surface area contributed by atoms with Crippen molar-refractivity contribution in [2.24, 2.45) is 10.2 Å². The topological polar surface area (TPSA) is 24.7 Å². The molecule has 2 nitrogen and oxygen atoms in total. The van der Waals surface area contributed by atoms with Crippen LogP contribution in [0.5, 0.6) is 0 Å². The van der Waals surface area contributed by atoms with Crippen molar-refractivity contribution < 1.29 is 0 Å². The van der Waals surface area contributed by atoms with Gasteiger partial charge in [0.15, 0.2) is 0 Å². The van der Waals surface area contributed by atoms with Crippen molar-refractivity contribution >= 4 is 0 Å². The summed E-state index contributed by atoms with van der Waals surface area (Å²) >= 11 is 0. The van der Waals surface area contributed by atoms with Gasteiger partial charge in [-0.1, -0.05) is 19.1 Å². The molecular weight excluding hydrogens is 112 g/mol. The summed E-state index contributed by atoms with van der Waals surface area (Å²) in [4.78, 5) is 0. The summed E-state index contributed by atoms with van der Waals surface area (Å²) in [7, 11) is 0. The number of hydrogen-bond donors (Lipinski definition) is 0. The Hall–Kier alpha value is -0.920. The van der Waals surface area contributed by atoms with Crippen LogP contribution in [0.15, 0.2) is 34.2 Å². The molecule has 0 aromatic carbocycles. The molecule has 0 fully saturated rings. The molecule has 0 N–H and O–H groups in total. The van der Waals surface area contributed by atoms with Gasteiger partial charge in [-0.3, -0.25) is 0 Å². The van der Waals surface area contributed by atoms with Gasteiger partial charge in [0.2, 0.25) is 0 Å². The number of nitrogens with zero attached hydrogens (tertiary/aromatic N) is 2. The molecule has 1 aliphatic heterocycles. The molecule has 0 atom stereocenters. The van der Waals surface area contributed by atoms with E-state index in [2.05, 4.69) is 17.2 Å². The lowest BCUT2D eigenvalue weighted by Gasteiger charge is -1.87. The Kier molecular flexibility index (Phi) is 2.19. The molecule has 0 amide bonds. The molecule has 0 spiro atoms. The minimum absolute atomic E-state index is 0.722. The summed E-state index contributed by atoms with van der Waals surface area (Å²) in [5, 5.41) is 7.86. The zero-order chi connectivity index (χ0) is 6.53. The predicted octanol–water partition coefficient (Wildman–Crippen LogP) is 2.30. The summed E-state index contributed by atoms with van der Waals surface area (Å²) in [6, 6.07) is 0. The molecule has 0 unspecified atom stereocenters. The summed E-state index contributed by atoms with van der Waals surface area (Å²) < 4.78 is 0. The fourth-order valence-electron chi connectivity index (χ4n) is 0.641. The lowest BCUT2D eigenvalue weighted by molar-refractivity contribution is 0.960. The quantitative estimate of drug-likeness (QED) is 0.510. The Bertz CT molecular complexity index is 166. The first kappa shape index (κ1) is 6.20. The number of azo groups is 1. The Labute approximate surface area is 55.0 Å². The molecule has 0 aliphatic carbocycles. The minimum Gasteiger partial charge on any atom is -0.185 e. The Balaban J connectivity index is 2.67. The maximum atomic E-state index is 3.97. The van der Waals surface area contributed by atoms with Gasteiger partial charge in [-0.25, -0.2) is 0 Å². The van der Waals surface area contributed by atoms with Gasteiger partial charge in [0.1, 0.15) is 0 Å². The van der Waals surface area contributed by atoms with Crippen molar-refractivity contribution in [2.45, 2.75) is 13.3 Å². The number of hydrogen-bond acceptors (Lipinski definition) is 2. The van der Waals surface area contributed by atoms with E-state index in [0.29, 0.717) is 0 Å². The van der Waals surface area contributed by atoms with Crippen LogP contribution in [-0.4, -0.2) is 6.54 Å². The van der Waals surface area contributed by atoms with Crippen molar-refractivity contribution in [1.29, 1.82) is 0 Å². The van der Waals surface area contributed by atoms with Crippen LogP contribution in [0, 0.1) is 0 Å². The van der Waals surface area contributed by atoms with Gasteiger partial charge < -0.3 is 0 Å². The zero-order valence-corrected chi connectivity index (χ0v) is 5.54. The predicted molar refractivity (Wildman–Crippen MR) is 37.2 cm³/mol. The molecule has 9 heavy (non-hydrogen) atoms. The highest BCUT2D eigenvalue weighted by molar-refractivity contribution is 5.12. The van der Waals surface area contributed by atoms with Crippen LogP contribution in [0.3, 0.4) is 0 Å². The molecule has 1 aliphatic rings. The smallest absolute Gasteiger partial charge is 0.0787 e. The highest BCUT2D eigenvalue weighted by Gasteiger charge is 1.88. The van der Waals surface area contributed by atoms with Crippen molar-refractivity contribution in [2.75, 3.05) is 6.54 Å². The van der Waals surface area contributed by atoms with Crippen LogP contribution < -0.4 is 0 Å². The lowest BCUT2D eigenvalue weighted by atomic mass is 10.3. The first-order valence-electron chi connectivity index (χ1n) is 3.16. The van der Waals surface area contributed by atoms with E-state index in [1.165, 1.54) is 0 Å². The molecule has 0 aromatic rings. The average molecular weight is 122 g/mol. The fourth-order valence-corrected chi connectivity index (χ4v) is 0.641. The van der Waals surface area contributed by atoms with Crippen molar-refractivity contribution in [3.63, 3.8) is 0 Å². The number of allylic oxidation sites excluding steroid dienone is 3. The maximum absolute atomic E-state index is 3.97. The van der Waals surface area contributed by atoms with E-state index in [0.717, 1.165) is 18.7 Å². The third kappa shape index (κ3) is 1.80. The molecular formula is C7H10N2. The normalized spacial score (nSPS) is 17.2. The molecule has 1 rings (SSSR count). The first-order valence-corrected chi connectivity index (χ1v) is 3.16. The third-order valence-electron chi connectivity index (χ3n) is 1.17. The van der Waals surface area contributed by atoms with E-state index in [1.54, 1.807) is 0 Å². The summed E-state index contributed by atoms with van der Waals surface area (Å²) in [6.07, 6.45) is 6.95. The highest BCUT2D eigenvalue weighted by Crippen LogP contribution is 2.05. The van der Waals surface area contributed by atoms with Gasteiger partial charge in [-0.15, -0.1) is 0 Å². The second-order valence-corrected chi connectivity index (χ2v) is 1.86. The maximum Gasteiger partial charge on any atom is 0.0787 e. The monoisotopic (exact) mass is 122 g/mol. The zero-order valence-electron chi connectivity index (χ0n) is 5.54. The molecule has 0 bridgehead atoms. The number of rotatable bonds is 1. The van der Waals surface area contributed by atoms with Crippen molar-refractivity contribution in [3.8, 4) is 0 Å². The van der Waals surface area contributed by atoms with Crippen LogP contribution in [0.25, 0.3) is 0 Å². The second-order valence-electron chi connectivity index (χ2n) is 1.86. The molecule has 48 valence electrons. The van der Waals surface area contributed by atoms with Crippen molar-refractivity contribution in [3.05, 3.63) is 23.9 Å². The summed E-state index contributed by atoms with van der Waals surface area (Å²) in [5.74, 6) is 0. The van der Waals surface area contributed by atoms with Gasteiger partial charge >= 0.3 is 0 Å². The van der Waals surface area contributed by atoms with Crippen LogP contribution in [0.4, 0.5) is 0 Å². The fraction of sp³-hybridized carbons (Fsp3) is 0.429. The molecule has 0 saturated carbocycles. The third-order valence-corrected chi connectivity index (χ3v) is 1.17. The largest absolute Gasteiger partial charge is 0.185 e. The summed E-state index contributed by atoms with van der Waals surface area (Å²) in [5.41, 5.74) is 1.06. The van der Waals surface area contributed by atoms with Crippen LogP contribution in [0.1, 0.15) is 13.3 Å². The first-order chi connectivity index (χ1) is 4.43. The minimum atomic E-state index is 0.722. The van der Waals surface area contributed by atoms with Crippen LogP contribution >= 0.6 is 0 Å². The molecule has 0 saturated heterocycles. The second kappa shape index (κ2) is 3.17. The van der Waals surface area contributed by atoms with Crippen molar-refractivity contribution in [1.82, 2.24) is 0 Å². The van der Waals surface area contributed by atoms with E-state index in [-0.39, 0.29) is 0 Å². The SMILES string of the molecule is CCC1=CC=CCN=N1. The van der Waals surface area contributed by atoms with E-state index < -0.39 is 0 Å². The van der Waals surface area contributed by atoms with Crippen LogP contribution in [-0.2, 0) is 0 Å². The van der Waals surface area contributed by atoms with Gasteiger partial charge in [0.25, 0.3) is 0 Å². The lowest BCUT2D eigenvalue weighted by Crippen LogP contribution is -1.69. The van der Waals surface area contributed by atoms with E-state index in [4.69, 9.17) is 0 Å². The summed E-state index contributed by atoms with van der Waals surface area (Å²) in [6.45, 7) is 2.80. The molecule has 0 radical (unpaired) electrons. The highest BCUT2D eigenvalue weighted by atomic mass is 15.1. The molecule has 2 heteroatoms. The Morgan fingerprint density at radius 1 is 1.67 bits per heavy atom. The van der Waals surface area contributed by atoms with Gasteiger partial charge in [-0.2, -0.15) is 10.2 Å². The van der Waals surface area contributed by atoms with Gasteiger partial charge in [0, 0.05) is 0 Å². The molecule has 0 aromatic heterocycles.